The molecule has 14 nitrogen and oxygen atoms in total. The number of piperidine rings is 1. The predicted octanol–water partition coefficient (Wildman–Crippen LogP) is 5.07. The van der Waals surface area contributed by atoms with Crippen molar-refractivity contribution in [3.63, 3.8) is 0 Å². The van der Waals surface area contributed by atoms with Crippen molar-refractivity contribution in [2.45, 2.75) is 96.7 Å². The molecule has 3 aromatic heterocycles. The molecule has 1 saturated carbocycles. The Hall–Kier alpha value is -4.46. The zero-order chi connectivity index (χ0) is 34.1. The SMILES string of the molecule is COc1cc(-c2cn(Cn3cnc(N4CCC[C@@H](N(CC5CCC5)C(=O)OC(C)(C)C)C4)cc3=O)nn2)c2cnn(C3CCCCO3)c2c1. The molecule has 1 aromatic carbocycles. The summed E-state index contributed by atoms with van der Waals surface area (Å²) in [7, 11) is 1.64. The lowest BCUT2D eigenvalue weighted by atomic mass is 9.84. The number of aromatic nitrogens is 7. The van der Waals surface area contributed by atoms with Crippen LogP contribution >= 0.6 is 0 Å². The van der Waals surface area contributed by atoms with E-state index in [1.807, 2.05) is 54.9 Å². The number of nitrogens with zero attached hydrogens (tertiary/aromatic N) is 9. The van der Waals surface area contributed by atoms with E-state index in [-0.39, 0.29) is 30.6 Å². The maximum absolute atomic E-state index is 13.4. The molecule has 1 amide bonds. The van der Waals surface area contributed by atoms with E-state index >= 15 is 0 Å². The van der Waals surface area contributed by atoms with Crippen LogP contribution in [0.1, 0.15) is 78.4 Å². The van der Waals surface area contributed by atoms with Crippen LogP contribution in [-0.2, 0) is 16.1 Å². The quantitative estimate of drug-likeness (QED) is 0.237. The fourth-order valence-electron chi connectivity index (χ4n) is 7.00. The first-order chi connectivity index (χ1) is 23.6. The lowest BCUT2D eigenvalue weighted by Gasteiger charge is -2.42. The van der Waals surface area contributed by atoms with Crippen LogP contribution in [0.2, 0.25) is 0 Å². The number of hydrogen-bond acceptors (Lipinski definition) is 10. The molecule has 4 aromatic rings. The number of benzene rings is 1. The van der Waals surface area contributed by atoms with Gasteiger partial charge < -0.3 is 24.0 Å². The van der Waals surface area contributed by atoms with Gasteiger partial charge in [0.15, 0.2) is 6.23 Å². The lowest BCUT2D eigenvalue weighted by Crippen LogP contribution is -2.53. The highest BCUT2D eigenvalue weighted by molar-refractivity contribution is 5.95. The highest BCUT2D eigenvalue weighted by atomic mass is 16.6. The van der Waals surface area contributed by atoms with Gasteiger partial charge in [-0.1, -0.05) is 11.6 Å². The highest BCUT2D eigenvalue weighted by Crippen LogP contribution is 2.35. The minimum atomic E-state index is -0.562. The Kier molecular flexibility index (Phi) is 9.32. The van der Waals surface area contributed by atoms with Gasteiger partial charge >= 0.3 is 6.09 Å². The molecule has 0 bridgehead atoms. The van der Waals surface area contributed by atoms with Crippen molar-refractivity contribution in [1.82, 2.24) is 39.2 Å². The molecule has 1 unspecified atom stereocenters. The number of hydrogen-bond donors (Lipinski definition) is 0. The van der Waals surface area contributed by atoms with Crippen LogP contribution in [0.4, 0.5) is 10.6 Å². The summed E-state index contributed by atoms with van der Waals surface area (Å²) in [6.07, 6.45) is 13.2. The van der Waals surface area contributed by atoms with Gasteiger partial charge in [0.25, 0.3) is 5.56 Å². The van der Waals surface area contributed by atoms with E-state index in [9.17, 15) is 9.59 Å². The van der Waals surface area contributed by atoms with Crippen molar-refractivity contribution in [2.24, 2.45) is 5.92 Å². The number of ether oxygens (including phenoxy) is 3. The fraction of sp³-hybridized carbons (Fsp3) is 0.600. The molecule has 2 aliphatic heterocycles. The molecule has 3 fully saturated rings. The van der Waals surface area contributed by atoms with Gasteiger partial charge in [-0.05, 0) is 77.7 Å². The van der Waals surface area contributed by atoms with E-state index in [0.29, 0.717) is 36.3 Å². The molecular weight excluding hydrogens is 626 g/mol. The van der Waals surface area contributed by atoms with Gasteiger partial charge in [0.1, 0.15) is 35.9 Å². The van der Waals surface area contributed by atoms with E-state index in [0.717, 1.165) is 74.6 Å². The second-order valence-electron chi connectivity index (χ2n) is 14.5. The van der Waals surface area contributed by atoms with Gasteiger partial charge in [0, 0.05) is 49.3 Å². The van der Waals surface area contributed by atoms with Crippen molar-refractivity contribution in [3.05, 3.63) is 47.3 Å². The number of rotatable bonds is 9. The monoisotopic (exact) mass is 673 g/mol. The van der Waals surface area contributed by atoms with Crippen LogP contribution < -0.4 is 15.2 Å². The summed E-state index contributed by atoms with van der Waals surface area (Å²) in [4.78, 5) is 35.4. The first-order valence-corrected chi connectivity index (χ1v) is 17.5. The number of amides is 1. The molecule has 0 radical (unpaired) electrons. The van der Waals surface area contributed by atoms with Crippen LogP contribution in [-0.4, -0.2) is 90.3 Å². The maximum Gasteiger partial charge on any atom is 0.410 e. The molecule has 1 aliphatic carbocycles. The van der Waals surface area contributed by atoms with E-state index in [2.05, 4.69) is 25.3 Å². The number of anilines is 1. The Morgan fingerprint density at radius 1 is 1.08 bits per heavy atom. The van der Waals surface area contributed by atoms with Crippen molar-refractivity contribution >= 4 is 22.8 Å². The number of fused-ring (bicyclic) bond motifs is 1. The van der Waals surface area contributed by atoms with Gasteiger partial charge in [-0.3, -0.25) is 9.36 Å². The van der Waals surface area contributed by atoms with Gasteiger partial charge in [-0.2, -0.15) is 5.10 Å². The molecule has 7 rings (SSSR count). The zero-order valence-corrected chi connectivity index (χ0v) is 29.0. The van der Waals surface area contributed by atoms with E-state index < -0.39 is 5.60 Å². The van der Waals surface area contributed by atoms with Gasteiger partial charge in [-0.25, -0.2) is 19.1 Å². The summed E-state index contributed by atoms with van der Waals surface area (Å²) in [6, 6.07) is 5.45. The minimum absolute atomic E-state index is 0.00706. The molecule has 2 atom stereocenters. The van der Waals surface area contributed by atoms with E-state index in [4.69, 9.17) is 14.2 Å². The van der Waals surface area contributed by atoms with E-state index in [1.165, 1.54) is 11.0 Å². The van der Waals surface area contributed by atoms with Crippen LogP contribution in [0.25, 0.3) is 22.2 Å². The molecule has 49 heavy (non-hydrogen) atoms. The molecule has 5 heterocycles. The second-order valence-corrected chi connectivity index (χ2v) is 14.5. The summed E-state index contributed by atoms with van der Waals surface area (Å²) in [5.41, 5.74) is 1.62. The summed E-state index contributed by atoms with van der Waals surface area (Å²) < 4.78 is 22.5. The summed E-state index contributed by atoms with van der Waals surface area (Å²) in [6.45, 7) is 8.66. The first-order valence-electron chi connectivity index (χ1n) is 17.5. The van der Waals surface area contributed by atoms with Gasteiger partial charge in [-0.15, -0.1) is 5.10 Å². The molecular formula is C35H47N9O5. The van der Waals surface area contributed by atoms with Gasteiger partial charge in [0.2, 0.25) is 0 Å². The molecule has 14 heteroatoms. The maximum atomic E-state index is 13.4. The van der Waals surface area contributed by atoms with E-state index in [1.54, 1.807) is 24.2 Å². The Balaban J connectivity index is 1.06. The van der Waals surface area contributed by atoms with Crippen molar-refractivity contribution in [2.75, 3.05) is 38.3 Å². The van der Waals surface area contributed by atoms with Crippen LogP contribution in [0.3, 0.4) is 0 Å². The van der Waals surface area contributed by atoms with Crippen molar-refractivity contribution in [3.8, 4) is 17.0 Å². The Bertz CT molecular complexity index is 1830. The Morgan fingerprint density at radius 3 is 2.65 bits per heavy atom. The summed E-state index contributed by atoms with van der Waals surface area (Å²) in [5, 5.41) is 14.4. The van der Waals surface area contributed by atoms with Crippen LogP contribution in [0, 0.1) is 5.92 Å². The third-order valence-corrected chi connectivity index (χ3v) is 9.80. The Labute approximate surface area is 285 Å². The minimum Gasteiger partial charge on any atom is -0.497 e. The van der Waals surface area contributed by atoms with Crippen LogP contribution in [0.15, 0.2) is 41.7 Å². The molecule has 3 aliphatic rings. The van der Waals surface area contributed by atoms with Crippen molar-refractivity contribution < 1.29 is 19.0 Å². The van der Waals surface area contributed by atoms with Gasteiger partial charge in [0.05, 0.1) is 31.1 Å². The predicted molar refractivity (Wildman–Crippen MR) is 184 cm³/mol. The second kappa shape index (κ2) is 13.8. The summed E-state index contributed by atoms with van der Waals surface area (Å²) in [5.74, 6) is 1.81. The Morgan fingerprint density at radius 2 is 1.94 bits per heavy atom. The smallest absolute Gasteiger partial charge is 0.410 e. The normalized spacial score (nSPS) is 20.3. The third-order valence-electron chi connectivity index (χ3n) is 9.80. The molecule has 262 valence electrons. The first kappa shape index (κ1) is 33.1. The molecule has 2 saturated heterocycles. The largest absolute Gasteiger partial charge is 0.497 e. The zero-order valence-electron chi connectivity index (χ0n) is 29.0. The standard InChI is InChI=1S/C35H47N9O5/c1-35(2,3)49-34(46)43(19-24-9-7-10-24)25-11-8-13-40(20-25)31-17-32(45)41(22-36-31)23-42-21-29(38-39-42)27-15-26(47-4)16-30-28(27)18-37-44(30)33-12-5-6-14-48-33/h15-18,21-22,24-25,33H,5-14,19-20,23H2,1-4H3/t25-,33?/m1/s1. The van der Waals surface area contributed by atoms with Crippen LogP contribution in [0.5, 0.6) is 5.75 Å². The number of methoxy groups -OCH3 is 1. The average Bonchev–Trinajstić information content (AvgIpc) is 3.72. The topological polar surface area (TPSA) is 135 Å². The molecule has 0 N–H and O–H groups in total. The number of carbonyl (C=O) groups excluding carboxylic acids is 1. The third kappa shape index (κ3) is 7.29. The fourth-order valence-corrected chi connectivity index (χ4v) is 7.00. The number of carbonyl (C=O) groups is 1. The summed E-state index contributed by atoms with van der Waals surface area (Å²) >= 11 is 0. The highest BCUT2D eigenvalue weighted by Gasteiger charge is 2.35. The van der Waals surface area contributed by atoms with Crippen molar-refractivity contribution in [1.29, 1.82) is 0 Å². The average molecular weight is 674 g/mol. The molecule has 0 spiro atoms. The lowest BCUT2D eigenvalue weighted by molar-refractivity contribution is -0.0366.